The molecule has 1 aromatic rings. The van der Waals surface area contributed by atoms with Gasteiger partial charge in [0.25, 0.3) is 5.91 Å². The van der Waals surface area contributed by atoms with Gasteiger partial charge in [0.15, 0.2) is 0 Å². The van der Waals surface area contributed by atoms with Crippen LogP contribution < -0.4 is 10.6 Å². The van der Waals surface area contributed by atoms with E-state index in [1.54, 1.807) is 4.90 Å². The second-order valence-corrected chi connectivity index (χ2v) is 8.02. The molecule has 1 aromatic carbocycles. The number of piperidine rings is 1. The first kappa shape index (κ1) is 17.5. The van der Waals surface area contributed by atoms with E-state index in [0.717, 1.165) is 58.0 Å². The Bertz CT molecular complexity index is 650. The van der Waals surface area contributed by atoms with Gasteiger partial charge in [-0.25, -0.2) is 4.79 Å². The Balaban J connectivity index is 1.60. The Kier molecular flexibility index (Phi) is 4.98. The van der Waals surface area contributed by atoms with Crippen molar-refractivity contribution in [3.63, 3.8) is 0 Å². The van der Waals surface area contributed by atoms with Gasteiger partial charge in [0, 0.05) is 6.04 Å². The van der Waals surface area contributed by atoms with Crippen molar-refractivity contribution in [2.45, 2.75) is 62.9 Å². The zero-order valence-electron chi connectivity index (χ0n) is 15.4. The van der Waals surface area contributed by atoms with Crippen molar-refractivity contribution in [2.75, 3.05) is 13.1 Å². The maximum atomic E-state index is 13.6. The summed E-state index contributed by atoms with van der Waals surface area (Å²) in [6.45, 7) is 1.84. The van der Waals surface area contributed by atoms with E-state index < -0.39 is 5.54 Å². The van der Waals surface area contributed by atoms with Crippen LogP contribution in [0.5, 0.6) is 0 Å². The summed E-state index contributed by atoms with van der Waals surface area (Å²) >= 11 is 0. The summed E-state index contributed by atoms with van der Waals surface area (Å²) in [4.78, 5) is 28.0. The highest BCUT2D eigenvalue weighted by Crippen LogP contribution is 2.38. The lowest BCUT2D eigenvalue weighted by molar-refractivity contribution is -0.135. The summed E-state index contributed by atoms with van der Waals surface area (Å²) in [5.41, 5.74) is 0.500. The lowest BCUT2D eigenvalue weighted by atomic mass is 9.74. The number of nitrogens with one attached hydrogen (secondary N) is 2. The van der Waals surface area contributed by atoms with Crippen LogP contribution in [-0.2, 0) is 11.2 Å². The third kappa shape index (κ3) is 3.13. The first-order valence-electron chi connectivity index (χ1n) is 10.1. The van der Waals surface area contributed by atoms with E-state index in [2.05, 4.69) is 22.8 Å². The maximum absolute atomic E-state index is 13.6. The molecule has 0 aromatic heterocycles. The van der Waals surface area contributed by atoms with E-state index in [4.69, 9.17) is 0 Å². The lowest BCUT2D eigenvalue weighted by Crippen LogP contribution is -2.56. The quantitative estimate of drug-likeness (QED) is 0.799. The fourth-order valence-electron chi connectivity index (χ4n) is 5.06. The van der Waals surface area contributed by atoms with E-state index in [1.165, 1.54) is 5.56 Å². The van der Waals surface area contributed by atoms with Gasteiger partial charge in [-0.1, -0.05) is 43.2 Å². The normalized spacial score (nSPS) is 27.9. The highest BCUT2D eigenvalue weighted by Gasteiger charge is 2.56. The molecule has 0 unspecified atom stereocenters. The second kappa shape index (κ2) is 7.39. The van der Waals surface area contributed by atoms with Crippen molar-refractivity contribution < 1.29 is 9.59 Å². The lowest BCUT2D eigenvalue weighted by Gasteiger charge is -2.38. The number of carbonyl (C=O) groups excluding carboxylic acids is 2. The molecule has 0 spiro atoms. The minimum Gasteiger partial charge on any atom is -0.323 e. The first-order chi connectivity index (χ1) is 12.7. The number of urea groups is 1. The van der Waals surface area contributed by atoms with Gasteiger partial charge in [-0.2, -0.15) is 0 Å². The third-order valence-electron chi connectivity index (χ3n) is 6.53. The standard InChI is InChI=1S/C21H29N3O2/c25-19-21(17-11-14-22-15-12-17,13-10-16-6-2-1-3-7-16)23-20(26)24(19)18-8-4-5-9-18/h1-3,6-7,17-18,22H,4-5,8-15H2,(H,23,26)/t21-/m1/s1. The molecule has 5 nitrogen and oxygen atoms in total. The van der Waals surface area contributed by atoms with Crippen molar-refractivity contribution in [3.05, 3.63) is 35.9 Å². The van der Waals surface area contributed by atoms with Crippen LogP contribution in [-0.4, -0.2) is 41.5 Å². The van der Waals surface area contributed by atoms with Crippen LogP contribution in [0.15, 0.2) is 30.3 Å². The average Bonchev–Trinajstić information content (AvgIpc) is 3.28. The van der Waals surface area contributed by atoms with Gasteiger partial charge in [-0.15, -0.1) is 0 Å². The fourth-order valence-corrected chi connectivity index (χ4v) is 5.06. The van der Waals surface area contributed by atoms with Crippen molar-refractivity contribution in [3.8, 4) is 0 Å². The van der Waals surface area contributed by atoms with Crippen molar-refractivity contribution >= 4 is 11.9 Å². The summed E-state index contributed by atoms with van der Waals surface area (Å²) in [7, 11) is 0. The number of imide groups is 1. The Hall–Kier alpha value is -1.88. The maximum Gasteiger partial charge on any atom is 0.325 e. The van der Waals surface area contributed by atoms with Crippen LogP contribution in [0.25, 0.3) is 0 Å². The van der Waals surface area contributed by atoms with Gasteiger partial charge < -0.3 is 10.6 Å². The molecule has 2 saturated heterocycles. The molecule has 5 heteroatoms. The predicted octanol–water partition coefficient (Wildman–Crippen LogP) is 2.85. The first-order valence-corrected chi connectivity index (χ1v) is 10.1. The van der Waals surface area contributed by atoms with Gasteiger partial charge in [-0.05, 0) is 63.1 Å². The van der Waals surface area contributed by atoms with E-state index in [1.807, 2.05) is 18.2 Å². The molecule has 1 saturated carbocycles. The molecule has 0 bridgehead atoms. The van der Waals surface area contributed by atoms with Crippen LogP contribution in [0.4, 0.5) is 4.79 Å². The van der Waals surface area contributed by atoms with E-state index in [0.29, 0.717) is 6.42 Å². The van der Waals surface area contributed by atoms with Crippen molar-refractivity contribution in [1.29, 1.82) is 0 Å². The molecule has 1 atom stereocenters. The molecule has 0 radical (unpaired) electrons. The van der Waals surface area contributed by atoms with Crippen molar-refractivity contribution in [2.24, 2.45) is 5.92 Å². The number of benzene rings is 1. The molecule has 2 heterocycles. The molecule has 2 aliphatic heterocycles. The molecular formula is C21H29N3O2. The van der Waals surface area contributed by atoms with E-state index in [9.17, 15) is 9.59 Å². The van der Waals surface area contributed by atoms with Crippen molar-refractivity contribution in [1.82, 2.24) is 15.5 Å². The third-order valence-corrected chi connectivity index (χ3v) is 6.53. The SMILES string of the molecule is O=C1N[C@](CCc2ccccc2)(C2CCNCC2)C(=O)N1C1CCCC1. The van der Waals surface area contributed by atoms with Gasteiger partial charge >= 0.3 is 6.03 Å². The summed E-state index contributed by atoms with van der Waals surface area (Å²) in [5.74, 6) is 0.257. The number of amides is 3. The number of rotatable bonds is 5. The average molecular weight is 355 g/mol. The van der Waals surface area contributed by atoms with Gasteiger partial charge in [0.05, 0.1) is 0 Å². The Morgan fingerprint density at radius 1 is 1.00 bits per heavy atom. The van der Waals surface area contributed by atoms with E-state index in [-0.39, 0.29) is 23.9 Å². The molecule has 140 valence electrons. The number of carbonyl (C=O) groups is 2. The summed E-state index contributed by atoms with van der Waals surface area (Å²) in [5, 5.41) is 6.58. The summed E-state index contributed by atoms with van der Waals surface area (Å²) < 4.78 is 0. The Morgan fingerprint density at radius 2 is 1.69 bits per heavy atom. The molecular weight excluding hydrogens is 326 g/mol. The van der Waals surface area contributed by atoms with Crippen LogP contribution in [0.1, 0.15) is 50.5 Å². The topological polar surface area (TPSA) is 61.4 Å². The molecule has 3 fully saturated rings. The smallest absolute Gasteiger partial charge is 0.323 e. The zero-order valence-corrected chi connectivity index (χ0v) is 15.4. The van der Waals surface area contributed by atoms with Gasteiger partial charge in [0.2, 0.25) is 0 Å². The second-order valence-electron chi connectivity index (χ2n) is 8.02. The highest BCUT2D eigenvalue weighted by atomic mass is 16.2. The summed E-state index contributed by atoms with van der Waals surface area (Å²) in [6, 6.07) is 10.2. The number of hydrogen-bond acceptors (Lipinski definition) is 3. The minimum atomic E-state index is -0.725. The molecule has 3 amide bonds. The largest absolute Gasteiger partial charge is 0.325 e. The Labute approximate surface area is 155 Å². The predicted molar refractivity (Wildman–Crippen MR) is 101 cm³/mol. The fraction of sp³-hybridized carbons (Fsp3) is 0.619. The molecule has 2 N–H and O–H groups in total. The van der Waals surface area contributed by atoms with Crippen LogP contribution in [0.3, 0.4) is 0 Å². The Morgan fingerprint density at radius 3 is 2.38 bits per heavy atom. The molecule has 4 rings (SSSR count). The minimum absolute atomic E-state index is 0.0391. The van der Waals surface area contributed by atoms with Crippen LogP contribution >= 0.6 is 0 Å². The van der Waals surface area contributed by atoms with E-state index >= 15 is 0 Å². The van der Waals surface area contributed by atoms with Crippen LogP contribution in [0.2, 0.25) is 0 Å². The molecule has 1 aliphatic carbocycles. The highest BCUT2D eigenvalue weighted by molar-refractivity contribution is 6.07. The number of hydrogen-bond donors (Lipinski definition) is 2. The van der Waals surface area contributed by atoms with Gasteiger partial charge in [-0.3, -0.25) is 9.69 Å². The number of nitrogens with zero attached hydrogens (tertiary/aromatic N) is 1. The number of aryl methyl sites for hydroxylation is 1. The van der Waals surface area contributed by atoms with Crippen LogP contribution in [0, 0.1) is 5.92 Å². The molecule has 3 aliphatic rings. The zero-order chi connectivity index (χ0) is 18.0. The van der Waals surface area contributed by atoms with Gasteiger partial charge in [0.1, 0.15) is 5.54 Å². The summed E-state index contributed by atoms with van der Waals surface area (Å²) in [6.07, 6.45) is 7.54. The molecule has 26 heavy (non-hydrogen) atoms. The monoisotopic (exact) mass is 355 g/mol.